The summed E-state index contributed by atoms with van der Waals surface area (Å²) < 4.78 is 7.42. The van der Waals surface area contributed by atoms with Gasteiger partial charge in [-0.3, -0.25) is 9.59 Å². The van der Waals surface area contributed by atoms with Crippen LogP contribution in [0.1, 0.15) is 12.8 Å². The van der Waals surface area contributed by atoms with Crippen LogP contribution in [0.15, 0.2) is 59.1 Å². The van der Waals surface area contributed by atoms with Gasteiger partial charge in [0.1, 0.15) is 6.54 Å². The van der Waals surface area contributed by atoms with Crippen molar-refractivity contribution in [2.24, 2.45) is 0 Å². The Kier molecular flexibility index (Phi) is 4.82. The lowest BCUT2D eigenvalue weighted by molar-refractivity contribution is -0.116. The Morgan fingerprint density at radius 2 is 1.69 bits per heavy atom. The van der Waals surface area contributed by atoms with Gasteiger partial charge < -0.3 is 19.6 Å². The molecule has 0 aliphatic carbocycles. The predicted molar refractivity (Wildman–Crippen MR) is 109 cm³/mol. The number of carbonyl (C=O) groups excluding carboxylic acids is 2. The number of hydrogen-bond acceptors (Lipinski definition) is 5. The lowest BCUT2D eigenvalue weighted by Crippen LogP contribution is -2.18. The van der Waals surface area contributed by atoms with Gasteiger partial charge in [-0.15, -0.1) is 10.2 Å². The van der Waals surface area contributed by atoms with Crippen LogP contribution in [-0.2, 0) is 16.1 Å². The Balaban J connectivity index is 1.55. The molecule has 4 aromatic rings. The van der Waals surface area contributed by atoms with E-state index in [9.17, 15) is 9.59 Å². The second-order valence-corrected chi connectivity index (χ2v) is 6.62. The summed E-state index contributed by atoms with van der Waals surface area (Å²) >= 11 is 0. The minimum absolute atomic E-state index is 0.126. The normalized spacial score (nSPS) is 10.8. The Bertz CT molecular complexity index is 1190. The largest absolute Gasteiger partial charge is 0.421 e. The van der Waals surface area contributed by atoms with Crippen LogP contribution in [0.5, 0.6) is 0 Å². The molecule has 0 aliphatic heterocycles. The smallest absolute Gasteiger partial charge is 0.249 e. The number of amides is 2. The van der Waals surface area contributed by atoms with E-state index in [1.807, 2.05) is 35.0 Å². The maximum absolute atomic E-state index is 12.6. The van der Waals surface area contributed by atoms with Crippen LogP contribution < -0.4 is 10.6 Å². The fourth-order valence-electron chi connectivity index (χ4n) is 3.15. The Morgan fingerprint density at radius 3 is 2.34 bits per heavy atom. The highest BCUT2D eigenvalue weighted by molar-refractivity contribution is 5.97. The molecule has 0 spiro atoms. The molecular weight excluding hydrogens is 370 g/mol. The number of rotatable bonds is 5. The monoisotopic (exact) mass is 389 g/mol. The molecule has 29 heavy (non-hydrogen) atoms. The molecule has 8 heteroatoms. The average molecular weight is 389 g/mol. The zero-order valence-corrected chi connectivity index (χ0v) is 16.0. The van der Waals surface area contributed by atoms with E-state index in [0.29, 0.717) is 23.2 Å². The van der Waals surface area contributed by atoms with Gasteiger partial charge in [0, 0.05) is 42.3 Å². The molecule has 0 fully saturated rings. The Hall–Kier alpha value is -3.94. The van der Waals surface area contributed by atoms with E-state index in [-0.39, 0.29) is 18.4 Å². The van der Waals surface area contributed by atoms with Crippen molar-refractivity contribution in [2.45, 2.75) is 20.4 Å². The van der Waals surface area contributed by atoms with Crippen molar-refractivity contribution in [3.05, 3.63) is 60.6 Å². The topological polar surface area (TPSA) is 102 Å². The van der Waals surface area contributed by atoms with Gasteiger partial charge in [0.25, 0.3) is 0 Å². The van der Waals surface area contributed by atoms with Gasteiger partial charge in [-0.2, -0.15) is 0 Å². The fraction of sp³-hybridized carbons (Fsp3) is 0.143. The maximum atomic E-state index is 12.6. The van der Waals surface area contributed by atoms with Crippen molar-refractivity contribution in [2.75, 3.05) is 10.6 Å². The van der Waals surface area contributed by atoms with Gasteiger partial charge in [0.15, 0.2) is 0 Å². The molecule has 2 amide bonds. The number of hydrogen-bond donors (Lipinski definition) is 2. The second-order valence-electron chi connectivity index (χ2n) is 6.62. The van der Waals surface area contributed by atoms with Crippen molar-refractivity contribution in [1.29, 1.82) is 0 Å². The third kappa shape index (κ3) is 4.01. The molecular formula is C21H19N5O3. The summed E-state index contributed by atoms with van der Waals surface area (Å²) in [6.45, 7) is 3.31. The van der Waals surface area contributed by atoms with Crippen LogP contribution >= 0.6 is 0 Å². The van der Waals surface area contributed by atoms with Crippen LogP contribution in [0.25, 0.3) is 22.4 Å². The molecule has 2 heterocycles. The molecule has 0 bridgehead atoms. The zero-order chi connectivity index (χ0) is 20.4. The van der Waals surface area contributed by atoms with E-state index in [1.54, 1.807) is 31.2 Å². The van der Waals surface area contributed by atoms with E-state index >= 15 is 0 Å². The minimum Gasteiger partial charge on any atom is -0.421 e. The van der Waals surface area contributed by atoms with Crippen molar-refractivity contribution in [3.63, 3.8) is 0 Å². The van der Waals surface area contributed by atoms with Crippen LogP contribution in [-0.4, -0.2) is 26.6 Å². The summed E-state index contributed by atoms with van der Waals surface area (Å²) in [4.78, 5) is 23.7. The van der Waals surface area contributed by atoms with Gasteiger partial charge in [-0.1, -0.05) is 18.2 Å². The third-order valence-electron chi connectivity index (χ3n) is 4.35. The number of para-hydroxylation sites is 1. The maximum Gasteiger partial charge on any atom is 0.249 e. The number of aromatic nitrogens is 3. The van der Waals surface area contributed by atoms with Gasteiger partial charge in [-0.05, 0) is 30.3 Å². The summed E-state index contributed by atoms with van der Waals surface area (Å²) in [6.07, 6.45) is 1.84. The first-order valence-electron chi connectivity index (χ1n) is 9.05. The molecule has 0 radical (unpaired) electrons. The fourth-order valence-corrected chi connectivity index (χ4v) is 3.15. The molecule has 0 saturated heterocycles. The number of nitrogens with one attached hydrogen (secondary N) is 2. The Labute approximate surface area is 166 Å². The number of carbonyl (C=O) groups is 2. The molecule has 2 N–H and O–H groups in total. The molecule has 2 aromatic heterocycles. The minimum atomic E-state index is -0.175. The van der Waals surface area contributed by atoms with Crippen LogP contribution in [0.2, 0.25) is 0 Å². The van der Waals surface area contributed by atoms with Gasteiger partial charge in [0.05, 0.1) is 5.56 Å². The van der Waals surface area contributed by atoms with Gasteiger partial charge >= 0.3 is 0 Å². The summed E-state index contributed by atoms with van der Waals surface area (Å²) in [5, 5.41) is 14.5. The molecule has 146 valence electrons. The number of anilines is 2. The quantitative estimate of drug-likeness (QED) is 0.543. The summed E-state index contributed by atoms with van der Waals surface area (Å²) in [7, 11) is 0. The first kappa shape index (κ1) is 18.4. The van der Waals surface area contributed by atoms with Crippen LogP contribution in [0, 0.1) is 6.92 Å². The van der Waals surface area contributed by atoms with Crippen molar-refractivity contribution >= 4 is 34.1 Å². The standard InChI is InChI=1S/C21H19N5O3/c1-13(27)22-15-7-9-16(10-8-15)23-20(28)12-26-11-18(21-25-24-14(2)29-21)17-5-3-4-6-19(17)26/h3-11H,12H2,1-2H3,(H,22,27)(H,23,28). The predicted octanol–water partition coefficient (Wildman–Crippen LogP) is 3.60. The first-order valence-corrected chi connectivity index (χ1v) is 9.05. The van der Waals surface area contributed by atoms with E-state index in [4.69, 9.17) is 4.42 Å². The summed E-state index contributed by atoms with van der Waals surface area (Å²) in [6, 6.07) is 14.7. The van der Waals surface area contributed by atoms with Gasteiger partial charge in [-0.25, -0.2) is 0 Å². The zero-order valence-electron chi connectivity index (χ0n) is 16.0. The summed E-state index contributed by atoms with van der Waals surface area (Å²) in [5.41, 5.74) is 3.00. The Morgan fingerprint density at radius 1 is 1.00 bits per heavy atom. The molecule has 4 rings (SSSR count). The van der Waals surface area contributed by atoms with E-state index in [0.717, 1.165) is 16.5 Å². The van der Waals surface area contributed by atoms with Crippen molar-refractivity contribution in [3.8, 4) is 11.5 Å². The molecule has 2 aromatic carbocycles. The van der Waals surface area contributed by atoms with E-state index < -0.39 is 0 Å². The highest BCUT2D eigenvalue weighted by Gasteiger charge is 2.16. The SMILES string of the molecule is CC(=O)Nc1ccc(NC(=O)Cn2cc(-c3nnc(C)o3)c3ccccc32)cc1. The van der Waals surface area contributed by atoms with E-state index in [2.05, 4.69) is 20.8 Å². The number of fused-ring (bicyclic) bond motifs is 1. The first-order chi connectivity index (χ1) is 14.0. The molecule has 0 unspecified atom stereocenters. The van der Waals surface area contributed by atoms with Crippen LogP contribution in [0.3, 0.4) is 0 Å². The third-order valence-corrected chi connectivity index (χ3v) is 4.35. The number of benzene rings is 2. The van der Waals surface area contributed by atoms with Gasteiger partial charge in [0.2, 0.25) is 23.6 Å². The lowest BCUT2D eigenvalue weighted by Gasteiger charge is -2.08. The lowest BCUT2D eigenvalue weighted by atomic mass is 10.2. The molecule has 0 atom stereocenters. The molecule has 8 nitrogen and oxygen atoms in total. The molecule has 0 saturated carbocycles. The highest BCUT2D eigenvalue weighted by atomic mass is 16.4. The highest BCUT2D eigenvalue weighted by Crippen LogP contribution is 2.29. The number of aryl methyl sites for hydroxylation is 1. The van der Waals surface area contributed by atoms with Crippen molar-refractivity contribution < 1.29 is 14.0 Å². The van der Waals surface area contributed by atoms with Crippen LogP contribution in [0.4, 0.5) is 11.4 Å². The van der Waals surface area contributed by atoms with Crippen molar-refractivity contribution in [1.82, 2.24) is 14.8 Å². The number of nitrogens with zero attached hydrogens (tertiary/aromatic N) is 3. The summed E-state index contributed by atoms with van der Waals surface area (Å²) in [5.74, 6) is 0.587. The van der Waals surface area contributed by atoms with E-state index in [1.165, 1.54) is 6.92 Å². The molecule has 0 aliphatic rings. The average Bonchev–Trinajstić information content (AvgIpc) is 3.27. The second kappa shape index (κ2) is 7.59.